The zero-order chi connectivity index (χ0) is 35.7. The van der Waals surface area contributed by atoms with E-state index in [1.54, 1.807) is 79.7 Å². The maximum Gasteiger partial charge on any atom is 0.338 e. The highest BCUT2D eigenvalue weighted by Gasteiger charge is 2.40. The van der Waals surface area contributed by atoms with Crippen molar-refractivity contribution in [2.75, 3.05) is 16.8 Å². The molecule has 51 heavy (non-hydrogen) atoms. The highest BCUT2D eigenvalue weighted by atomic mass is 32.2. The fraction of sp³-hybridized carbons (Fsp3) is 0.0976. The molecule has 1 atom stereocenters. The van der Waals surface area contributed by atoms with E-state index in [2.05, 4.69) is 10.6 Å². The Hall–Kier alpha value is -6.26. The van der Waals surface area contributed by atoms with Crippen LogP contribution in [0.4, 0.5) is 11.4 Å². The van der Waals surface area contributed by atoms with Crippen LogP contribution in [-0.4, -0.2) is 41.5 Å². The number of hydrogen-bond acceptors (Lipinski definition) is 7. The van der Waals surface area contributed by atoms with Crippen molar-refractivity contribution in [1.29, 1.82) is 0 Å². The van der Waals surface area contributed by atoms with Crippen LogP contribution in [-0.2, 0) is 19.1 Å². The molecule has 1 fully saturated rings. The van der Waals surface area contributed by atoms with Gasteiger partial charge in [-0.15, -0.1) is 11.8 Å². The van der Waals surface area contributed by atoms with Crippen molar-refractivity contribution < 1.29 is 28.7 Å². The van der Waals surface area contributed by atoms with Crippen LogP contribution in [0.2, 0.25) is 0 Å². The van der Waals surface area contributed by atoms with E-state index in [0.717, 1.165) is 26.5 Å². The molecule has 5 aromatic carbocycles. The van der Waals surface area contributed by atoms with E-state index >= 15 is 0 Å². The van der Waals surface area contributed by atoms with Crippen LogP contribution < -0.4 is 15.5 Å². The van der Waals surface area contributed by atoms with Gasteiger partial charge in [-0.1, -0.05) is 72.8 Å². The number of carbonyl (C=O) groups excluding carboxylic acids is 5. The second-order valence-corrected chi connectivity index (χ2v) is 12.8. The summed E-state index contributed by atoms with van der Waals surface area (Å²) in [6.45, 7) is 1.96. The van der Waals surface area contributed by atoms with Crippen molar-refractivity contribution in [3.8, 4) is 11.1 Å². The lowest BCUT2D eigenvalue weighted by atomic mass is 10.0. The largest absolute Gasteiger partial charge is 0.462 e. The lowest BCUT2D eigenvalue weighted by Crippen LogP contribution is -2.31. The van der Waals surface area contributed by atoms with E-state index in [1.807, 2.05) is 54.6 Å². The van der Waals surface area contributed by atoms with Gasteiger partial charge in [0.25, 0.3) is 11.8 Å². The van der Waals surface area contributed by atoms with Gasteiger partial charge in [0.2, 0.25) is 11.8 Å². The van der Waals surface area contributed by atoms with E-state index in [1.165, 1.54) is 23.9 Å². The van der Waals surface area contributed by atoms with Crippen LogP contribution >= 0.6 is 11.8 Å². The van der Waals surface area contributed by atoms with Gasteiger partial charge in [-0.05, 0) is 90.4 Å². The van der Waals surface area contributed by atoms with Gasteiger partial charge in [-0.25, -0.2) is 9.69 Å². The summed E-state index contributed by atoms with van der Waals surface area (Å²) in [6, 6.07) is 39.3. The molecule has 1 heterocycles. The van der Waals surface area contributed by atoms with Crippen LogP contribution in [0.15, 0.2) is 144 Å². The number of carbonyl (C=O) groups is 5. The van der Waals surface area contributed by atoms with E-state index < -0.39 is 23.0 Å². The van der Waals surface area contributed by atoms with E-state index in [4.69, 9.17) is 4.74 Å². The number of nitrogens with one attached hydrogen (secondary N) is 2. The molecule has 1 aliphatic rings. The quantitative estimate of drug-likeness (QED) is 0.0841. The number of imide groups is 1. The Balaban J connectivity index is 1.13. The number of ether oxygens (including phenoxy) is 1. The number of anilines is 2. The number of nitrogens with zero attached hydrogens (tertiary/aromatic N) is 1. The van der Waals surface area contributed by atoms with Crippen molar-refractivity contribution in [2.45, 2.75) is 23.5 Å². The molecule has 4 amide bonds. The first-order valence-electron chi connectivity index (χ1n) is 16.2. The summed E-state index contributed by atoms with van der Waals surface area (Å²) in [5, 5.41) is 4.97. The van der Waals surface area contributed by atoms with Crippen molar-refractivity contribution in [1.82, 2.24) is 5.32 Å². The maximum atomic E-state index is 13.6. The normalized spacial score (nSPS) is 14.3. The van der Waals surface area contributed by atoms with E-state index in [0.29, 0.717) is 22.5 Å². The molecule has 1 unspecified atom stereocenters. The predicted octanol–water partition coefficient (Wildman–Crippen LogP) is 7.36. The standard InChI is InChI=1S/C41H33N3O6S/c1-2-50-41(49)31-17-21-33(22-18-31)44-37(45)26-36(40(44)48)51-34-23-19-32(20-24-34)42-39(47)35(43-38(46)30-11-7-4-8-12-30)25-27-13-15-29(16-14-27)28-9-5-3-6-10-28/h3-25,36H,2,26H2,1H3,(H,42,47)(H,43,46)/b35-25-. The van der Waals surface area contributed by atoms with Gasteiger partial charge in [-0.3, -0.25) is 19.2 Å². The molecular weight excluding hydrogens is 663 g/mol. The number of amides is 4. The minimum absolute atomic E-state index is 0.0171. The number of esters is 1. The zero-order valence-corrected chi connectivity index (χ0v) is 28.4. The van der Waals surface area contributed by atoms with Crippen molar-refractivity contribution >= 4 is 58.8 Å². The van der Waals surface area contributed by atoms with Gasteiger partial charge in [0.05, 0.1) is 23.1 Å². The monoisotopic (exact) mass is 695 g/mol. The first kappa shape index (κ1) is 34.6. The Morgan fingerprint density at radius 2 is 1.39 bits per heavy atom. The van der Waals surface area contributed by atoms with Crippen LogP contribution in [0.1, 0.15) is 39.6 Å². The summed E-state index contributed by atoms with van der Waals surface area (Å²) < 4.78 is 5.00. The summed E-state index contributed by atoms with van der Waals surface area (Å²) in [5.74, 6) is -2.12. The number of benzene rings is 5. The number of rotatable bonds is 11. The minimum atomic E-state index is -0.640. The van der Waals surface area contributed by atoms with Gasteiger partial charge in [0.15, 0.2) is 0 Å². The average molecular weight is 696 g/mol. The lowest BCUT2D eigenvalue weighted by molar-refractivity contribution is -0.121. The minimum Gasteiger partial charge on any atom is -0.462 e. The summed E-state index contributed by atoms with van der Waals surface area (Å²) in [5.41, 5.74) is 4.45. The van der Waals surface area contributed by atoms with Crippen molar-refractivity contribution in [2.24, 2.45) is 0 Å². The summed E-state index contributed by atoms with van der Waals surface area (Å²) in [7, 11) is 0. The highest BCUT2D eigenvalue weighted by Crippen LogP contribution is 2.34. The molecule has 1 saturated heterocycles. The molecule has 1 aliphatic heterocycles. The molecule has 0 spiro atoms. The maximum absolute atomic E-state index is 13.6. The fourth-order valence-corrected chi connectivity index (χ4v) is 6.47. The molecule has 0 saturated carbocycles. The first-order valence-corrected chi connectivity index (χ1v) is 17.1. The number of hydrogen-bond donors (Lipinski definition) is 2. The third-order valence-electron chi connectivity index (χ3n) is 7.99. The molecule has 9 nitrogen and oxygen atoms in total. The fourth-order valence-electron chi connectivity index (χ4n) is 5.42. The highest BCUT2D eigenvalue weighted by molar-refractivity contribution is 8.00. The zero-order valence-electron chi connectivity index (χ0n) is 27.6. The van der Waals surface area contributed by atoms with Crippen LogP contribution in [0.3, 0.4) is 0 Å². The predicted molar refractivity (Wildman–Crippen MR) is 198 cm³/mol. The average Bonchev–Trinajstić information content (AvgIpc) is 3.44. The Kier molecular flexibility index (Phi) is 10.8. The molecule has 254 valence electrons. The van der Waals surface area contributed by atoms with Gasteiger partial charge >= 0.3 is 5.97 Å². The molecule has 0 aliphatic carbocycles. The summed E-state index contributed by atoms with van der Waals surface area (Å²) in [4.78, 5) is 66.6. The van der Waals surface area contributed by atoms with E-state index in [-0.39, 0.29) is 30.5 Å². The molecule has 0 bridgehead atoms. The Morgan fingerprint density at radius 1 is 0.765 bits per heavy atom. The van der Waals surface area contributed by atoms with E-state index in [9.17, 15) is 24.0 Å². The van der Waals surface area contributed by atoms with Crippen LogP contribution in [0.25, 0.3) is 17.2 Å². The third-order valence-corrected chi connectivity index (χ3v) is 9.19. The first-order chi connectivity index (χ1) is 24.8. The van der Waals surface area contributed by atoms with Gasteiger partial charge in [0.1, 0.15) is 5.70 Å². The van der Waals surface area contributed by atoms with Gasteiger partial charge in [-0.2, -0.15) is 0 Å². The van der Waals surface area contributed by atoms with Gasteiger partial charge < -0.3 is 15.4 Å². The topological polar surface area (TPSA) is 122 Å². The lowest BCUT2D eigenvalue weighted by Gasteiger charge is -2.15. The molecular formula is C41H33N3O6S. The molecule has 6 rings (SSSR count). The second-order valence-electron chi connectivity index (χ2n) is 11.5. The number of thioether (sulfide) groups is 1. The van der Waals surface area contributed by atoms with Crippen LogP contribution in [0.5, 0.6) is 0 Å². The SMILES string of the molecule is CCOC(=O)c1ccc(N2C(=O)CC(Sc3ccc(NC(=O)/C(=C/c4ccc(-c5ccccc5)cc4)NC(=O)c4ccccc4)cc3)C2=O)cc1. The molecule has 5 aromatic rings. The second kappa shape index (κ2) is 16.0. The smallest absolute Gasteiger partial charge is 0.338 e. The molecule has 2 N–H and O–H groups in total. The van der Waals surface area contributed by atoms with Gasteiger partial charge in [0, 0.05) is 22.6 Å². The Bertz CT molecular complexity index is 2080. The Labute approximate surface area is 299 Å². The summed E-state index contributed by atoms with van der Waals surface area (Å²) in [6.07, 6.45) is 1.64. The molecule has 0 aromatic heterocycles. The van der Waals surface area contributed by atoms with Crippen molar-refractivity contribution in [3.63, 3.8) is 0 Å². The molecule has 10 heteroatoms. The third kappa shape index (κ3) is 8.49. The van der Waals surface area contributed by atoms with Crippen molar-refractivity contribution in [3.05, 3.63) is 156 Å². The summed E-state index contributed by atoms with van der Waals surface area (Å²) >= 11 is 1.25. The Morgan fingerprint density at radius 3 is 2.04 bits per heavy atom. The van der Waals surface area contributed by atoms with Crippen LogP contribution in [0, 0.1) is 0 Å². The molecule has 0 radical (unpaired) electrons.